The molecule has 0 aromatic heterocycles. The lowest BCUT2D eigenvalue weighted by atomic mass is 10.1. The number of nitrogens with one attached hydrogen (secondary N) is 1. The summed E-state index contributed by atoms with van der Waals surface area (Å²) in [7, 11) is 1.18. The van der Waals surface area contributed by atoms with Gasteiger partial charge in [-0.05, 0) is 20.8 Å². The molecule has 0 aliphatic carbocycles. The summed E-state index contributed by atoms with van der Waals surface area (Å²) in [5.74, 6) is -2.69. The van der Waals surface area contributed by atoms with Gasteiger partial charge in [-0.2, -0.15) is 0 Å². The molecule has 0 saturated heterocycles. The summed E-state index contributed by atoms with van der Waals surface area (Å²) in [6.07, 6.45) is 0. The second-order valence-electron chi connectivity index (χ2n) is 3.90. The lowest BCUT2D eigenvalue weighted by Gasteiger charge is -2.19. The molecule has 0 radical (unpaired) electrons. The maximum Gasteiger partial charge on any atom is 0.331 e. The molecule has 8 nitrogen and oxygen atoms in total. The van der Waals surface area contributed by atoms with Crippen LogP contribution in [0, 0.1) is 0 Å². The average molecular weight is 286 g/mol. The minimum Gasteiger partial charge on any atom is -0.478 e. The van der Waals surface area contributed by atoms with Crippen LogP contribution in [0.15, 0.2) is 11.1 Å². The van der Waals surface area contributed by atoms with Gasteiger partial charge >= 0.3 is 18.0 Å². The van der Waals surface area contributed by atoms with Crippen molar-refractivity contribution in [1.29, 1.82) is 0 Å². The fraction of sp³-hybridized carbons (Fsp3) is 0.500. The number of carboxylic acid groups (broad SMARTS) is 1. The van der Waals surface area contributed by atoms with Crippen molar-refractivity contribution in [3.8, 4) is 0 Å². The molecule has 0 aromatic rings. The lowest BCUT2D eigenvalue weighted by molar-refractivity contribution is -0.141. The van der Waals surface area contributed by atoms with Crippen molar-refractivity contribution in [3.63, 3.8) is 0 Å². The number of hydrogen-bond donors (Lipinski definition) is 2. The Hall–Kier alpha value is -2.38. The maximum absolute atomic E-state index is 11.7. The van der Waals surface area contributed by atoms with Crippen LogP contribution in [-0.2, 0) is 19.1 Å². The lowest BCUT2D eigenvalue weighted by Crippen LogP contribution is -2.45. The molecule has 0 aliphatic rings. The molecule has 112 valence electrons. The maximum atomic E-state index is 11.7. The Labute approximate surface area is 116 Å². The van der Waals surface area contributed by atoms with Crippen LogP contribution in [0.1, 0.15) is 20.8 Å². The molecule has 3 amide bonds. The summed E-state index contributed by atoms with van der Waals surface area (Å²) in [5.41, 5.74) is -0.244. The van der Waals surface area contributed by atoms with E-state index in [-0.39, 0.29) is 24.2 Å². The zero-order valence-corrected chi connectivity index (χ0v) is 11.8. The van der Waals surface area contributed by atoms with Crippen LogP contribution < -0.4 is 5.32 Å². The number of urea groups is 1. The molecule has 0 aromatic carbocycles. The Balaban J connectivity index is 4.82. The third kappa shape index (κ3) is 5.09. The second-order valence-corrected chi connectivity index (χ2v) is 3.90. The van der Waals surface area contributed by atoms with Crippen molar-refractivity contribution < 1.29 is 29.0 Å². The minimum absolute atomic E-state index is 0.0834. The number of hydrogen-bond acceptors (Lipinski definition) is 5. The van der Waals surface area contributed by atoms with Gasteiger partial charge in [0.15, 0.2) is 0 Å². The van der Waals surface area contributed by atoms with Gasteiger partial charge in [0.1, 0.15) is 6.54 Å². The van der Waals surface area contributed by atoms with Gasteiger partial charge in [0.2, 0.25) is 0 Å². The molecule has 0 spiro atoms. The molecule has 0 bridgehead atoms. The molecule has 0 heterocycles. The Bertz CT molecular complexity index is 455. The van der Waals surface area contributed by atoms with Gasteiger partial charge in [0.25, 0.3) is 5.91 Å². The number of carboxylic acids is 1. The van der Waals surface area contributed by atoms with Gasteiger partial charge in [-0.1, -0.05) is 0 Å². The van der Waals surface area contributed by atoms with Gasteiger partial charge in [0.05, 0.1) is 7.11 Å². The SMILES string of the molecule is CCN(CC(=O)OC)C(=O)NC(=O)C(C)=C(C)C(=O)O. The van der Waals surface area contributed by atoms with E-state index in [1.165, 1.54) is 21.0 Å². The molecule has 0 atom stereocenters. The number of amides is 3. The fourth-order valence-corrected chi connectivity index (χ4v) is 1.15. The number of esters is 1. The number of carbonyl (C=O) groups excluding carboxylic acids is 3. The van der Waals surface area contributed by atoms with Crippen LogP contribution in [0.2, 0.25) is 0 Å². The van der Waals surface area contributed by atoms with E-state index < -0.39 is 23.9 Å². The summed E-state index contributed by atoms with van der Waals surface area (Å²) >= 11 is 0. The van der Waals surface area contributed by atoms with Crippen molar-refractivity contribution in [2.75, 3.05) is 20.2 Å². The summed E-state index contributed by atoms with van der Waals surface area (Å²) < 4.78 is 4.42. The van der Waals surface area contributed by atoms with Gasteiger partial charge in [-0.3, -0.25) is 14.9 Å². The molecular formula is C12H18N2O6. The quantitative estimate of drug-likeness (QED) is 0.549. The Morgan fingerprint density at radius 2 is 1.70 bits per heavy atom. The largest absolute Gasteiger partial charge is 0.478 e. The highest BCUT2D eigenvalue weighted by Gasteiger charge is 2.20. The van der Waals surface area contributed by atoms with E-state index in [1.807, 2.05) is 5.32 Å². The van der Waals surface area contributed by atoms with Gasteiger partial charge < -0.3 is 14.7 Å². The standard InChI is InChI=1S/C12H18N2O6/c1-5-14(6-9(15)20-4)12(19)13-10(16)7(2)8(3)11(17)18/h5-6H2,1-4H3,(H,17,18)(H,13,16,19). The summed E-state index contributed by atoms with van der Waals surface area (Å²) in [6, 6.07) is -0.791. The van der Waals surface area contributed by atoms with Gasteiger partial charge in [0, 0.05) is 17.7 Å². The van der Waals surface area contributed by atoms with Crippen molar-refractivity contribution in [3.05, 3.63) is 11.1 Å². The Kier molecular flexibility index (Phi) is 6.98. The van der Waals surface area contributed by atoms with Crippen LogP contribution in [0.4, 0.5) is 4.79 Å². The normalized spacial score (nSPS) is 11.2. The van der Waals surface area contributed by atoms with Crippen LogP contribution in [0.5, 0.6) is 0 Å². The zero-order chi connectivity index (χ0) is 15.9. The van der Waals surface area contributed by atoms with Crippen molar-refractivity contribution in [2.45, 2.75) is 20.8 Å². The third-order valence-electron chi connectivity index (χ3n) is 2.66. The van der Waals surface area contributed by atoms with Crippen LogP contribution in [-0.4, -0.2) is 54.1 Å². The van der Waals surface area contributed by atoms with E-state index in [0.29, 0.717) is 0 Å². The first-order chi connectivity index (χ1) is 9.24. The van der Waals surface area contributed by atoms with E-state index in [0.717, 1.165) is 4.90 Å². The van der Waals surface area contributed by atoms with E-state index in [4.69, 9.17) is 5.11 Å². The molecular weight excluding hydrogens is 268 g/mol. The highest BCUT2D eigenvalue weighted by Crippen LogP contribution is 2.04. The summed E-state index contributed by atoms with van der Waals surface area (Å²) in [6.45, 7) is 4.07. The van der Waals surface area contributed by atoms with E-state index in [1.54, 1.807) is 6.92 Å². The van der Waals surface area contributed by atoms with E-state index in [2.05, 4.69) is 4.74 Å². The number of nitrogens with zero attached hydrogens (tertiary/aromatic N) is 1. The van der Waals surface area contributed by atoms with Crippen LogP contribution in [0.3, 0.4) is 0 Å². The molecule has 20 heavy (non-hydrogen) atoms. The van der Waals surface area contributed by atoms with Gasteiger partial charge in [-0.15, -0.1) is 0 Å². The zero-order valence-electron chi connectivity index (χ0n) is 11.8. The Morgan fingerprint density at radius 3 is 2.10 bits per heavy atom. The molecule has 0 unspecified atom stereocenters. The van der Waals surface area contributed by atoms with Crippen molar-refractivity contribution >= 4 is 23.9 Å². The Morgan fingerprint density at radius 1 is 1.15 bits per heavy atom. The molecule has 8 heteroatoms. The monoisotopic (exact) mass is 286 g/mol. The first-order valence-electron chi connectivity index (χ1n) is 5.82. The topological polar surface area (TPSA) is 113 Å². The van der Waals surface area contributed by atoms with Crippen molar-refractivity contribution in [1.82, 2.24) is 10.2 Å². The van der Waals surface area contributed by atoms with Gasteiger partial charge in [-0.25, -0.2) is 9.59 Å². The number of rotatable bonds is 5. The number of methoxy groups -OCH3 is 1. The number of likely N-dealkylation sites (N-methyl/N-ethyl adjacent to an activating group) is 1. The van der Waals surface area contributed by atoms with Crippen LogP contribution >= 0.6 is 0 Å². The fourth-order valence-electron chi connectivity index (χ4n) is 1.15. The second kappa shape index (κ2) is 7.93. The van der Waals surface area contributed by atoms with E-state index >= 15 is 0 Å². The number of ether oxygens (including phenoxy) is 1. The number of carbonyl (C=O) groups is 4. The molecule has 0 aliphatic heterocycles. The number of imide groups is 1. The number of aliphatic carboxylic acids is 1. The smallest absolute Gasteiger partial charge is 0.331 e. The predicted molar refractivity (Wildman–Crippen MR) is 68.8 cm³/mol. The predicted octanol–water partition coefficient (Wildman–Crippen LogP) is 0.139. The summed E-state index contributed by atoms with van der Waals surface area (Å²) in [5, 5.41) is 10.8. The molecule has 0 fully saturated rings. The molecule has 2 N–H and O–H groups in total. The molecule has 0 saturated carbocycles. The van der Waals surface area contributed by atoms with E-state index in [9.17, 15) is 19.2 Å². The average Bonchev–Trinajstić information content (AvgIpc) is 2.41. The highest BCUT2D eigenvalue weighted by molar-refractivity contribution is 6.07. The third-order valence-corrected chi connectivity index (χ3v) is 2.66. The van der Waals surface area contributed by atoms with Crippen LogP contribution in [0.25, 0.3) is 0 Å². The highest BCUT2D eigenvalue weighted by atomic mass is 16.5. The minimum atomic E-state index is -1.24. The first kappa shape index (κ1) is 17.6. The first-order valence-corrected chi connectivity index (χ1v) is 5.82. The molecule has 0 rings (SSSR count). The summed E-state index contributed by atoms with van der Waals surface area (Å²) in [4.78, 5) is 46.3. The van der Waals surface area contributed by atoms with Crippen molar-refractivity contribution in [2.24, 2.45) is 0 Å².